The fraction of sp³-hybridized carbons (Fsp3) is 0.143. The molecule has 0 amide bonds. The lowest BCUT2D eigenvalue weighted by Gasteiger charge is -2.02. The van der Waals surface area contributed by atoms with Gasteiger partial charge >= 0.3 is 0 Å². The molecule has 0 atom stereocenters. The van der Waals surface area contributed by atoms with Gasteiger partial charge in [-0.2, -0.15) is 0 Å². The summed E-state index contributed by atoms with van der Waals surface area (Å²) >= 11 is 0. The summed E-state index contributed by atoms with van der Waals surface area (Å²) < 4.78 is 2.24. The topological polar surface area (TPSA) is 30.9 Å². The van der Waals surface area contributed by atoms with Crippen molar-refractivity contribution in [2.45, 2.75) is 6.92 Å². The van der Waals surface area contributed by atoms with E-state index in [0.29, 0.717) is 0 Å². The number of para-hydroxylation sites is 1. The molecule has 0 saturated carbocycles. The summed E-state index contributed by atoms with van der Waals surface area (Å²) in [5.74, 6) is 0. The van der Waals surface area contributed by atoms with Crippen LogP contribution in [0.3, 0.4) is 0 Å². The van der Waals surface area contributed by atoms with Gasteiger partial charge in [-0.05, 0) is 30.7 Å². The highest BCUT2D eigenvalue weighted by Gasteiger charge is 2.09. The van der Waals surface area contributed by atoms with Crippen LogP contribution in [0.4, 0.5) is 5.69 Å². The molecule has 0 aliphatic rings. The zero-order valence-corrected chi connectivity index (χ0v) is 9.49. The van der Waals surface area contributed by atoms with Gasteiger partial charge in [-0.3, -0.25) is 0 Å². The van der Waals surface area contributed by atoms with E-state index in [4.69, 9.17) is 5.73 Å². The zero-order valence-electron chi connectivity index (χ0n) is 9.49. The van der Waals surface area contributed by atoms with Gasteiger partial charge in [-0.25, -0.2) is 0 Å². The summed E-state index contributed by atoms with van der Waals surface area (Å²) in [6.45, 7) is 2.11. The van der Waals surface area contributed by atoms with Crippen molar-refractivity contribution in [1.29, 1.82) is 0 Å². The first-order valence-electron chi connectivity index (χ1n) is 5.42. The number of hydrogen-bond donors (Lipinski definition) is 1. The second kappa shape index (κ2) is 3.01. The number of fused-ring (bicyclic) bond motifs is 3. The van der Waals surface area contributed by atoms with Gasteiger partial charge in [0, 0.05) is 29.0 Å². The third kappa shape index (κ3) is 1.07. The summed E-state index contributed by atoms with van der Waals surface area (Å²) in [5, 5.41) is 2.52. The van der Waals surface area contributed by atoms with Crippen LogP contribution in [0, 0.1) is 6.92 Å². The molecule has 0 unspecified atom stereocenters. The van der Waals surface area contributed by atoms with Gasteiger partial charge in [-0.1, -0.05) is 18.2 Å². The monoisotopic (exact) mass is 210 g/mol. The first-order valence-corrected chi connectivity index (χ1v) is 5.42. The lowest BCUT2D eigenvalue weighted by Crippen LogP contribution is -1.91. The summed E-state index contributed by atoms with van der Waals surface area (Å²) in [7, 11) is 2.11. The predicted octanol–water partition coefficient (Wildman–Crippen LogP) is 3.22. The standard InChI is InChI=1S/C14H14N2/c1-9-7-10(15)8-12-11-5-3-4-6-13(11)16(2)14(9)12/h3-8H,15H2,1-2H3. The van der Waals surface area contributed by atoms with Crippen molar-refractivity contribution in [3.8, 4) is 0 Å². The van der Waals surface area contributed by atoms with Crippen LogP contribution in [0.2, 0.25) is 0 Å². The molecule has 3 rings (SSSR count). The zero-order chi connectivity index (χ0) is 11.3. The quantitative estimate of drug-likeness (QED) is 0.567. The molecule has 0 aliphatic carbocycles. The van der Waals surface area contributed by atoms with Crippen molar-refractivity contribution in [2.24, 2.45) is 7.05 Å². The summed E-state index contributed by atoms with van der Waals surface area (Å²) in [4.78, 5) is 0. The number of anilines is 1. The number of nitrogens with two attached hydrogens (primary N) is 1. The minimum Gasteiger partial charge on any atom is -0.399 e. The average Bonchev–Trinajstić information content (AvgIpc) is 2.54. The van der Waals surface area contributed by atoms with E-state index in [9.17, 15) is 0 Å². The van der Waals surface area contributed by atoms with E-state index in [-0.39, 0.29) is 0 Å². The van der Waals surface area contributed by atoms with Gasteiger partial charge in [0.05, 0.1) is 5.52 Å². The molecule has 3 aromatic rings. The average molecular weight is 210 g/mol. The van der Waals surface area contributed by atoms with E-state index in [1.54, 1.807) is 0 Å². The lowest BCUT2D eigenvalue weighted by molar-refractivity contribution is 1.01. The Kier molecular flexibility index (Phi) is 1.75. The van der Waals surface area contributed by atoms with Crippen molar-refractivity contribution < 1.29 is 0 Å². The number of benzene rings is 2. The minimum atomic E-state index is 0.835. The Morgan fingerprint density at radius 3 is 2.62 bits per heavy atom. The fourth-order valence-electron chi connectivity index (χ4n) is 2.57. The van der Waals surface area contributed by atoms with Crippen molar-refractivity contribution >= 4 is 27.5 Å². The highest BCUT2D eigenvalue weighted by Crippen LogP contribution is 2.31. The van der Waals surface area contributed by atoms with Crippen LogP contribution in [0.25, 0.3) is 21.8 Å². The Morgan fingerprint density at radius 2 is 1.81 bits per heavy atom. The van der Waals surface area contributed by atoms with Crippen LogP contribution in [0.1, 0.15) is 5.56 Å². The molecular formula is C14H14N2. The molecule has 0 bridgehead atoms. The molecular weight excluding hydrogens is 196 g/mol. The molecule has 1 heterocycles. The Morgan fingerprint density at radius 1 is 1.06 bits per heavy atom. The number of nitrogen functional groups attached to an aromatic ring is 1. The van der Waals surface area contributed by atoms with Crippen molar-refractivity contribution in [1.82, 2.24) is 4.57 Å². The minimum absolute atomic E-state index is 0.835. The van der Waals surface area contributed by atoms with Gasteiger partial charge in [0.2, 0.25) is 0 Å². The maximum absolute atomic E-state index is 5.92. The van der Waals surface area contributed by atoms with Crippen LogP contribution in [0.5, 0.6) is 0 Å². The second-order valence-electron chi connectivity index (χ2n) is 4.31. The molecule has 0 spiro atoms. The van der Waals surface area contributed by atoms with E-state index < -0.39 is 0 Å². The summed E-state index contributed by atoms with van der Waals surface area (Å²) in [6.07, 6.45) is 0. The van der Waals surface area contributed by atoms with E-state index in [0.717, 1.165) is 5.69 Å². The second-order valence-corrected chi connectivity index (χ2v) is 4.31. The van der Waals surface area contributed by atoms with Crippen LogP contribution >= 0.6 is 0 Å². The molecule has 0 fully saturated rings. The van der Waals surface area contributed by atoms with Crippen molar-refractivity contribution in [2.75, 3.05) is 5.73 Å². The van der Waals surface area contributed by atoms with Gasteiger partial charge in [0.1, 0.15) is 0 Å². The number of hydrogen-bond acceptors (Lipinski definition) is 1. The summed E-state index contributed by atoms with van der Waals surface area (Å²) in [5.41, 5.74) is 10.5. The van der Waals surface area contributed by atoms with E-state index in [1.807, 2.05) is 6.07 Å². The smallest absolute Gasteiger partial charge is 0.0519 e. The molecule has 2 heteroatoms. The van der Waals surface area contributed by atoms with Crippen LogP contribution < -0.4 is 5.73 Å². The number of rotatable bonds is 0. The van der Waals surface area contributed by atoms with Crippen molar-refractivity contribution in [3.63, 3.8) is 0 Å². The lowest BCUT2D eigenvalue weighted by atomic mass is 10.1. The largest absolute Gasteiger partial charge is 0.399 e. The number of aromatic nitrogens is 1. The van der Waals surface area contributed by atoms with Crippen molar-refractivity contribution in [3.05, 3.63) is 42.0 Å². The van der Waals surface area contributed by atoms with E-state index in [2.05, 4.69) is 48.9 Å². The van der Waals surface area contributed by atoms with Gasteiger partial charge in [0.15, 0.2) is 0 Å². The molecule has 2 aromatic carbocycles. The SMILES string of the molecule is Cc1cc(N)cc2c3ccccc3n(C)c12. The van der Waals surface area contributed by atoms with Crippen LogP contribution in [-0.2, 0) is 7.05 Å². The Balaban J connectivity index is 2.67. The van der Waals surface area contributed by atoms with Gasteiger partial charge < -0.3 is 10.3 Å². The molecule has 2 N–H and O–H groups in total. The predicted molar refractivity (Wildman–Crippen MR) is 69.6 cm³/mol. The molecule has 0 saturated heterocycles. The van der Waals surface area contributed by atoms with E-state index in [1.165, 1.54) is 27.4 Å². The summed E-state index contributed by atoms with van der Waals surface area (Å²) in [6, 6.07) is 12.5. The molecule has 80 valence electrons. The third-order valence-electron chi connectivity index (χ3n) is 3.21. The maximum Gasteiger partial charge on any atom is 0.0519 e. The molecule has 16 heavy (non-hydrogen) atoms. The maximum atomic E-state index is 5.92. The van der Waals surface area contributed by atoms with Gasteiger partial charge in [-0.15, -0.1) is 0 Å². The first kappa shape index (κ1) is 9.28. The van der Waals surface area contributed by atoms with Crippen LogP contribution in [0.15, 0.2) is 36.4 Å². The molecule has 2 nitrogen and oxygen atoms in total. The van der Waals surface area contributed by atoms with Gasteiger partial charge in [0.25, 0.3) is 0 Å². The van der Waals surface area contributed by atoms with Crippen LogP contribution in [-0.4, -0.2) is 4.57 Å². The number of nitrogens with zero attached hydrogens (tertiary/aromatic N) is 1. The highest BCUT2D eigenvalue weighted by atomic mass is 14.9. The molecule has 0 radical (unpaired) electrons. The fourth-order valence-corrected chi connectivity index (χ4v) is 2.57. The highest BCUT2D eigenvalue weighted by molar-refractivity contribution is 6.09. The number of aryl methyl sites for hydroxylation is 2. The molecule has 0 aliphatic heterocycles. The Labute approximate surface area is 94.3 Å². The first-order chi connectivity index (χ1) is 7.68. The molecule has 1 aromatic heterocycles. The third-order valence-corrected chi connectivity index (χ3v) is 3.21. The Hall–Kier alpha value is -1.96. The Bertz CT molecular complexity index is 693. The van der Waals surface area contributed by atoms with E-state index >= 15 is 0 Å². The normalized spacial score (nSPS) is 11.4.